The minimum atomic E-state index is -0.668. The zero-order valence-electron chi connectivity index (χ0n) is 9.21. The van der Waals surface area contributed by atoms with E-state index in [0.29, 0.717) is 12.2 Å². The maximum absolute atomic E-state index is 13.5. The molecule has 2 aromatic rings. The molecule has 0 aliphatic heterocycles. The molecule has 0 saturated carbocycles. The predicted molar refractivity (Wildman–Crippen MR) is 62.4 cm³/mol. The Labute approximate surface area is 102 Å². The Morgan fingerprint density at radius 3 is 2.83 bits per heavy atom. The molecule has 0 saturated heterocycles. The number of nitro groups is 1. The number of halogens is 1. The number of hydrogen-bond donors (Lipinski definition) is 1. The molecule has 0 spiro atoms. The Kier molecular flexibility index (Phi) is 3.42. The van der Waals surface area contributed by atoms with Crippen LogP contribution in [0.15, 0.2) is 36.8 Å². The largest absolute Gasteiger partial charge is 0.377 e. The predicted octanol–water partition coefficient (Wildman–Crippen LogP) is 2.14. The number of nitrogens with one attached hydrogen (secondary N) is 1. The summed E-state index contributed by atoms with van der Waals surface area (Å²) >= 11 is 0. The monoisotopic (exact) mass is 248 g/mol. The van der Waals surface area contributed by atoms with Crippen molar-refractivity contribution in [1.82, 2.24) is 9.97 Å². The normalized spacial score (nSPS) is 10.1. The van der Waals surface area contributed by atoms with Gasteiger partial charge >= 0.3 is 0 Å². The molecular formula is C11H9FN4O2. The van der Waals surface area contributed by atoms with Crippen LogP contribution >= 0.6 is 0 Å². The fraction of sp³-hybridized carbons (Fsp3) is 0.0909. The molecule has 0 amide bonds. The van der Waals surface area contributed by atoms with Crippen molar-refractivity contribution in [3.8, 4) is 0 Å². The Bertz CT molecular complexity index is 562. The molecule has 1 N–H and O–H groups in total. The third kappa shape index (κ3) is 2.76. The maximum atomic E-state index is 13.5. The van der Waals surface area contributed by atoms with Crippen LogP contribution in [0, 0.1) is 15.9 Å². The summed E-state index contributed by atoms with van der Waals surface area (Å²) in [4.78, 5) is 17.5. The van der Waals surface area contributed by atoms with Gasteiger partial charge in [0.25, 0.3) is 5.69 Å². The summed E-state index contributed by atoms with van der Waals surface area (Å²) in [7, 11) is 0. The van der Waals surface area contributed by atoms with E-state index in [1.807, 2.05) is 0 Å². The average Bonchev–Trinajstić information content (AvgIpc) is 2.38. The van der Waals surface area contributed by atoms with Gasteiger partial charge in [-0.2, -0.15) is 0 Å². The van der Waals surface area contributed by atoms with Crippen LogP contribution < -0.4 is 5.32 Å². The smallest absolute Gasteiger partial charge is 0.272 e. The molecule has 0 bridgehead atoms. The molecule has 0 atom stereocenters. The first-order valence-electron chi connectivity index (χ1n) is 5.09. The Morgan fingerprint density at radius 1 is 1.39 bits per heavy atom. The van der Waals surface area contributed by atoms with Gasteiger partial charge in [0.2, 0.25) is 0 Å². The zero-order chi connectivity index (χ0) is 13.0. The number of nitrogens with zero attached hydrogens (tertiary/aromatic N) is 3. The van der Waals surface area contributed by atoms with Gasteiger partial charge in [0.15, 0.2) is 5.82 Å². The van der Waals surface area contributed by atoms with Gasteiger partial charge in [-0.15, -0.1) is 0 Å². The molecule has 18 heavy (non-hydrogen) atoms. The minimum Gasteiger partial charge on any atom is -0.377 e. The van der Waals surface area contributed by atoms with Gasteiger partial charge in [-0.3, -0.25) is 10.1 Å². The van der Waals surface area contributed by atoms with E-state index >= 15 is 0 Å². The Morgan fingerprint density at radius 2 is 2.22 bits per heavy atom. The van der Waals surface area contributed by atoms with Gasteiger partial charge in [0.1, 0.15) is 6.33 Å². The lowest BCUT2D eigenvalue weighted by atomic mass is 10.2. The van der Waals surface area contributed by atoms with Crippen LogP contribution in [0.5, 0.6) is 0 Å². The highest BCUT2D eigenvalue weighted by atomic mass is 19.1. The molecule has 1 aromatic heterocycles. The second-order valence-electron chi connectivity index (χ2n) is 3.48. The van der Waals surface area contributed by atoms with Crippen molar-refractivity contribution in [3.05, 3.63) is 58.4 Å². The summed E-state index contributed by atoms with van der Waals surface area (Å²) in [5, 5.41) is 13.3. The summed E-state index contributed by atoms with van der Waals surface area (Å²) in [6.45, 7) is 0.317. The standard InChI is InChI=1S/C11H9FN4O2/c12-10-5-9(16(17)18)1-2-11(10)14-6-8-3-4-13-7-15-8/h1-5,7,14H,6H2. The number of benzene rings is 1. The highest BCUT2D eigenvalue weighted by Crippen LogP contribution is 2.20. The number of rotatable bonds is 4. The van der Waals surface area contributed by atoms with Crippen molar-refractivity contribution in [2.75, 3.05) is 5.32 Å². The number of hydrogen-bond acceptors (Lipinski definition) is 5. The van der Waals surface area contributed by atoms with Crippen LogP contribution in [0.1, 0.15) is 5.69 Å². The second-order valence-corrected chi connectivity index (χ2v) is 3.48. The molecule has 6 nitrogen and oxygen atoms in total. The highest BCUT2D eigenvalue weighted by Gasteiger charge is 2.10. The van der Waals surface area contributed by atoms with Crippen molar-refractivity contribution in [1.29, 1.82) is 0 Å². The molecular weight excluding hydrogens is 239 g/mol. The first kappa shape index (κ1) is 11.9. The number of aromatic nitrogens is 2. The molecule has 0 fully saturated rings. The molecule has 0 aliphatic rings. The number of anilines is 1. The summed E-state index contributed by atoms with van der Waals surface area (Å²) in [6.07, 6.45) is 2.97. The number of nitro benzene ring substituents is 1. The first-order chi connectivity index (χ1) is 8.66. The highest BCUT2D eigenvalue weighted by molar-refractivity contribution is 5.50. The van der Waals surface area contributed by atoms with Crippen molar-refractivity contribution in [2.45, 2.75) is 6.54 Å². The fourth-order valence-corrected chi connectivity index (χ4v) is 1.37. The van der Waals surface area contributed by atoms with Crippen molar-refractivity contribution < 1.29 is 9.31 Å². The van der Waals surface area contributed by atoms with Gasteiger partial charge in [-0.1, -0.05) is 0 Å². The van der Waals surface area contributed by atoms with Crippen molar-refractivity contribution in [3.63, 3.8) is 0 Å². The van der Waals surface area contributed by atoms with E-state index in [1.165, 1.54) is 18.5 Å². The maximum Gasteiger partial charge on any atom is 0.272 e. The molecule has 0 radical (unpaired) electrons. The molecule has 2 rings (SSSR count). The quantitative estimate of drug-likeness (QED) is 0.662. The van der Waals surface area contributed by atoms with Crippen molar-refractivity contribution in [2.24, 2.45) is 0 Å². The minimum absolute atomic E-state index is 0.194. The van der Waals surface area contributed by atoms with Crippen LogP contribution in [0.2, 0.25) is 0 Å². The van der Waals surface area contributed by atoms with Crippen molar-refractivity contribution >= 4 is 11.4 Å². The third-order valence-corrected chi connectivity index (χ3v) is 2.27. The van der Waals surface area contributed by atoms with E-state index < -0.39 is 10.7 Å². The summed E-state index contributed by atoms with van der Waals surface area (Å²) in [6, 6.07) is 5.14. The Balaban J connectivity index is 2.08. The first-order valence-corrected chi connectivity index (χ1v) is 5.09. The number of non-ortho nitro benzene ring substituents is 1. The Hall–Kier alpha value is -2.57. The molecule has 7 heteroatoms. The lowest BCUT2D eigenvalue weighted by molar-refractivity contribution is -0.385. The van der Waals surface area contributed by atoms with Crippen LogP contribution in [0.3, 0.4) is 0 Å². The fourth-order valence-electron chi connectivity index (χ4n) is 1.37. The molecule has 0 unspecified atom stereocenters. The van der Waals surface area contributed by atoms with E-state index in [0.717, 1.165) is 6.07 Å². The summed E-state index contributed by atoms with van der Waals surface area (Å²) in [5.74, 6) is -0.668. The van der Waals surface area contributed by atoms with E-state index in [9.17, 15) is 14.5 Å². The molecule has 1 aromatic carbocycles. The van der Waals surface area contributed by atoms with Crippen LogP contribution in [-0.4, -0.2) is 14.9 Å². The third-order valence-electron chi connectivity index (χ3n) is 2.27. The van der Waals surface area contributed by atoms with Crippen LogP contribution in [0.25, 0.3) is 0 Å². The SMILES string of the molecule is O=[N+]([O-])c1ccc(NCc2ccncn2)c(F)c1. The summed E-state index contributed by atoms with van der Waals surface area (Å²) < 4.78 is 13.5. The second kappa shape index (κ2) is 5.17. The molecule has 1 heterocycles. The average molecular weight is 248 g/mol. The summed E-state index contributed by atoms with van der Waals surface area (Å²) in [5.41, 5.74) is 0.613. The van der Waals surface area contributed by atoms with E-state index in [-0.39, 0.29) is 11.4 Å². The molecule has 92 valence electrons. The van der Waals surface area contributed by atoms with Gasteiger partial charge in [0, 0.05) is 12.3 Å². The van der Waals surface area contributed by atoms with Crippen LogP contribution in [0.4, 0.5) is 15.8 Å². The zero-order valence-corrected chi connectivity index (χ0v) is 9.21. The van der Waals surface area contributed by atoms with Crippen LogP contribution in [-0.2, 0) is 6.54 Å². The van der Waals surface area contributed by atoms with Gasteiger partial charge in [-0.05, 0) is 12.1 Å². The van der Waals surface area contributed by atoms with Gasteiger partial charge in [0.05, 0.1) is 28.9 Å². The molecule has 0 aliphatic carbocycles. The lowest BCUT2D eigenvalue weighted by Gasteiger charge is -2.06. The van der Waals surface area contributed by atoms with Gasteiger partial charge < -0.3 is 5.32 Å². The topological polar surface area (TPSA) is 81.0 Å². The van der Waals surface area contributed by atoms with E-state index in [4.69, 9.17) is 0 Å². The van der Waals surface area contributed by atoms with E-state index in [2.05, 4.69) is 15.3 Å². The lowest BCUT2D eigenvalue weighted by Crippen LogP contribution is -2.03. The van der Waals surface area contributed by atoms with Gasteiger partial charge in [-0.25, -0.2) is 14.4 Å². The van der Waals surface area contributed by atoms with E-state index in [1.54, 1.807) is 12.3 Å².